The van der Waals surface area contributed by atoms with Crippen LogP contribution in [0.4, 0.5) is 4.79 Å². The van der Waals surface area contributed by atoms with Gasteiger partial charge in [0.1, 0.15) is 12.1 Å². The van der Waals surface area contributed by atoms with Crippen LogP contribution < -0.4 is 5.32 Å². The Morgan fingerprint density at radius 2 is 1.71 bits per heavy atom. The SMILES string of the molecule is CCC1(C(=O)O)CCN(C(=O)C(C)(COC)NC(=O)OCC2c3ccccc3-c3ccccc32)C1. The average molecular weight is 481 g/mol. The maximum Gasteiger partial charge on any atom is 0.408 e. The fourth-order valence-electron chi connectivity index (χ4n) is 5.31. The molecule has 2 amide bonds. The molecule has 1 saturated heterocycles. The van der Waals surface area contributed by atoms with Gasteiger partial charge in [0.15, 0.2) is 0 Å². The lowest BCUT2D eigenvalue weighted by atomic mass is 9.84. The van der Waals surface area contributed by atoms with E-state index in [0.29, 0.717) is 19.4 Å². The molecule has 0 saturated carbocycles. The Bertz CT molecular complexity index is 1090. The fraction of sp³-hybridized carbons (Fsp3) is 0.444. The lowest BCUT2D eigenvalue weighted by molar-refractivity contribution is -0.149. The van der Waals surface area contributed by atoms with Gasteiger partial charge in [0.2, 0.25) is 0 Å². The van der Waals surface area contributed by atoms with Crippen molar-refractivity contribution < 1.29 is 29.0 Å². The number of methoxy groups -OCH3 is 1. The lowest BCUT2D eigenvalue weighted by Crippen LogP contribution is -2.60. The van der Waals surface area contributed by atoms with E-state index < -0.39 is 23.0 Å². The Balaban J connectivity index is 1.45. The second-order valence-electron chi connectivity index (χ2n) is 9.63. The van der Waals surface area contributed by atoms with Crippen molar-refractivity contribution in [1.82, 2.24) is 10.2 Å². The van der Waals surface area contributed by atoms with E-state index in [-0.39, 0.29) is 31.6 Å². The number of likely N-dealkylation sites (tertiary alicyclic amines) is 1. The van der Waals surface area contributed by atoms with E-state index in [9.17, 15) is 19.5 Å². The van der Waals surface area contributed by atoms with Crippen molar-refractivity contribution in [2.45, 2.75) is 38.1 Å². The molecule has 0 spiro atoms. The molecule has 1 fully saturated rings. The number of carbonyl (C=O) groups excluding carboxylic acids is 2. The first-order valence-electron chi connectivity index (χ1n) is 11.9. The number of ether oxygens (including phenoxy) is 2. The average Bonchev–Trinajstić information content (AvgIpc) is 3.43. The number of fused-ring (bicyclic) bond motifs is 3. The largest absolute Gasteiger partial charge is 0.481 e. The van der Waals surface area contributed by atoms with E-state index in [4.69, 9.17) is 9.47 Å². The number of nitrogens with one attached hydrogen (secondary N) is 1. The van der Waals surface area contributed by atoms with Crippen LogP contribution in [0.1, 0.15) is 43.7 Å². The van der Waals surface area contributed by atoms with E-state index in [1.165, 1.54) is 12.0 Å². The summed E-state index contributed by atoms with van der Waals surface area (Å²) < 4.78 is 10.9. The number of hydrogen-bond donors (Lipinski definition) is 2. The Morgan fingerprint density at radius 3 is 2.23 bits per heavy atom. The van der Waals surface area contributed by atoms with Crippen LogP contribution in [-0.4, -0.2) is 66.9 Å². The number of rotatable bonds is 8. The number of carboxylic acid groups (broad SMARTS) is 1. The Labute approximate surface area is 205 Å². The first kappa shape index (κ1) is 24.7. The standard InChI is InChI=1S/C27H32N2O6/c1-4-27(24(31)32)13-14-29(16-27)23(30)26(2,17-34-3)28-25(33)35-15-22-20-11-7-5-9-18(20)19-10-6-8-12-21(19)22/h5-12,22H,4,13-17H2,1-3H3,(H,28,33)(H,31,32). The third-order valence-electron chi connectivity index (χ3n) is 7.40. The zero-order chi connectivity index (χ0) is 25.2. The van der Waals surface area contributed by atoms with E-state index >= 15 is 0 Å². The molecule has 0 aromatic heterocycles. The third-order valence-corrected chi connectivity index (χ3v) is 7.40. The van der Waals surface area contributed by atoms with Crippen LogP contribution >= 0.6 is 0 Å². The molecule has 8 heteroatoms. The third kappa shape index (κ3) is 4.50. The van der Waals surface area contributed by atoms with Gasteiger partial charge in [-0.2, -0.15) is 0 Å². The van der Waals surface area contributed by atoms with Gasteiger partial charge in [0.25, 0.3) is 5.91 Å². The van der Waals surface area contributed by atoms with E-state index in [1.54, 1.807) is 6.92 Å². The van der Waals surface area contributed by atoms with Gasteiger partial charge in [-0.25, -0.2) is 4.79 Å². The zero-order valence-corrected chi connectivity index (χ0v) is 20.4. The maximum atomic E-state index is 13.4. The van der Waals surface area contributed by atoms with Gasteiger partial charge in [-0.05, 0) is 42.0 Å². The van der Waals surface area contributed by atoms with Crippen LogP contribution in [0.25, 0.3) is 11.1 Å². The summed E-state index contributed by atoms with van der Waals surface area (Å²) in [5, 5.41) is 12.4. The molecule has 35 heavy (non-hydrogen) atoms. The smallest absolute Gasteiger partial charge is 0.408 e. The fourth-order valence-corrected chi connectivity index (χ4v) is 5.31. The molecule has 2 aliphatic rings. The molecule has 2 aromatic carbocycles. The highest BCUT2D eigenvalue weighted by molar-refractivity contribution is 5.91. The van der Waals surface area contributed by atoms with Gasteiger partial charge in [-0.15, -0.1) is 0 Å². The first-order chi connectivity index (χ1) is 16.7. The van der Waals surface area contributed by atoms with Gasteiger partial charge in [0, 0.05) is 26.1 Å². The van der Waals surface area contributed by atoms with Gasteiger partial charge in [-0.1, -0.05) is 55.5 Å². The molecule has 2 N–H and O–H groups in total. The van der Waals surface area contributed by atoms with Crippen molar-refractivity contribution in [2.24, 2.45) is 5.41 Å². The molecule has 2 unspecified atom stereocenters. The van der Waals surface area contributed by atoms with Crippen LogP contribution in [0, 0.1) is 5.41 Å². The van der Waals surface area contributed by atoms with Crippen LogP contribution in [0.15, 0.2) is 48.5 Å². The van der Waals surface area contributed by atoms with Crippen LogP contribution in [0.5, 0.6) is 0 Å². The highest BCUT2D eigenvalue weighted by Crippen LogP contribution is 2.44. The van der Waals surface area contributed by atoms with Crippen molar-refractivity contribution in [1.29, 1.82) is 0 Å². The molecule has 1 aliphatic heterocycles. The predicted molar refractivity (Wildman–Crippen MR) is 130 cm³/mol. The Hall–Kier alpha value is -3.39. The molecular formula is C27H32N2O6. The van der Waals surface area contributed by atoms with E-state index in [1.807, 2.05) is 43.3 Å². The quantitative estimate of drug-likeness (QED) is 0.598. The molecule has 186 valence electrons. The normalized spacial score (nSPS) is 20.6. The summed E-state index contributed by atoms with van der Waals surface area (Å²) in [5.41, 5.74) is 2.09. The van der Waals surface area contributed by atoms with E-state index in [2.05, 4.69) is 17.4 Å². The van der Waals surface area contributed by atoms with Gasteiger partial charge >= 0.3 is 12.1 Å². The maximum absolute atomic E-state index is 13.4. The number of amides is 2. The summed E-state index contributed by atoms with van der Waals surface area (Å²) in [6.45, 7) is 3.85. The highest BCUT2D eigenvalue weighted by Gasteiger charge is 2.49. The number of alkyl carbamates (subject to hydrolysis) is 1. The minimum Gasteiger partial charge on any atom is -0.481 e. The molecule has 0 bridgehead atoms. The summed E-state index contributed by atoms with van der Waals surface area (Å²) in [4.78, 5) is 39.6. The number of carboxylic acids is 1. The summed E-state index contributed by atoms with van der Waals surface area (Å²) in [6, 6.07) is 16.1. The van der Waals surface area contributed by atoms with Crippen molar-refractivity contribution >= 4 is 18.0 Å². The molecule has 8 nitrogen and oxygen atoms in total. The molecular weight excluding hydrogens is 448 g/mol. The highest BCUT2D eigenvalue weighted by atomic mass is 16.5. The van der Waals surface area contributed by atoms with Crippen molar-refractivity contribution in [3.05, 3.63) is 59.7 Å². The molecule has 1 aliphatic carbocycles. The number of nitrogens with zero attached hydrogens (tertiary/aromatic N) is 1. The van der Waals surface area contributed by atoms with Crippen molar-refractivity contribution in [3.8, 4) is 11.1 Å². The Kier molecular flexibility index (Phi) is 6.85. The van der Waals surface area contributed by atoms with E-state index in [0.717, 1.165) is 22.3 Å². The minimum atomic E-state index is -1.39. The topological polar surface area (TPSA) is 105 Å². The minimum absolute atomic E-state index is 0.0707. The summed E-state index contributed by atoms with van der Waals surface area (Å²) in [7, 11) is 1.45. The number of aliphatic carboxylic acids is 1. The number of carbonyl (C=O) groups is 3. The van der Waals surface area contributed by atoms with Gasteiger partial charge < -0.3 is 24.8 Å². The predicted octanol–water partition coefficient (Wildman–Crippen LogP) is 3.64. The summed E-state index contributed by atoms with van der Waals surface area (Å²) >= 11 is 0. The van der Waals surface area contributed by atoms with Crippen molar-refractivity contribution in [3.63, 3.8) is 0 Å². The first-order valence-corrected chi connectivity index (χ1v) is 11.9. The molecule has 2 aromatic rings. The lowest BCUT2D eigenvalue weighted by Gasteiger charge is -2.33. The monoisotopic (exact) mass is 480 g/mol. The van der Waals surface area contributed by atoms with Crippen LogP contribution in [0.3, 0.4) is 0 Å². The molecule has 4 rings (SSSR count). The summed E-state index contributed by atoms with van der Waals surface area (Å²) in [6.07, 6.45) is 0.0739. The molecule has 2 atom stereocenters. The summed E-state index contributed by atoms with van der Waals surface area (Å²) in [5.74, 6) is -1.39. The molecule has 1 heterocycles. The van der Waals surface area contributed by atoms with Crippen molar-refractivity contribution in [2.75, 3.05) is 33.4 Å². The Morgan fingerprint density at radius 1 is 1.11 bits per heavy atom. The van der Waals surface area contributed by atoms with Crippen LogP contribution in [-0.2, 0) is 19.1 Å². The number of benzene rings is 2. The van der Waals surface area contributed by atoms with Gasteiger partial charge in [0.05, 0.1) is 12.0 Å². The zero-order valence-electron chi connectivity index (χ0n) is 20.4. The van der Waals surface area contributed by atoms with Gasteiger partial charge in [-0.3, -0.25) is 9.59 Å². The molecule has 0 radical (unpaired) electrons. The number of hydrogen-bond acceptors (Lipinski definition) is 5. The second kappa shape index (κ2) is 9.70. The van der Waals surface area contributed by atoms with Crippen LogP contribution in [0.2, 0.25) is 0 Å². The second-order valence-corrected chi connectivity index (χ2v) is 9.63.